The van der Waals surface area contributed by atoms with Crippen LogP contribution in [0.25, 0.3) is 0 Å². The van der Waals surface area contributed by atoms with Gasteiger partial charge in [0.1, 0.15) is 0 Å². The van der Waals surface area contributed by atoms with Gasteiger partial charge in [0.05, 0.1) is 0 Å². The van der Waals surface area contributed by atoms with E-state index >= 15 is 0 Å². The molecule has 1 heteroatoms. The average molecular weight is 231 g/mol. The van der Waals surface area contributed by atoms with Crippen LogP contribution in [-0.4, -0.2) is 6.54 Å². The van der Waals surface area contributed by atoms with E-state index in [1.165, 1.54) is 0 Å². The highest BCUT2D eigenvalue weighted by Gasteiger charge is 1.94. The van der Waals surface area contributed by atoms with E-state index in [2.05, 4.69) is 48.4 Å². The van der Waals surface area contributed by atoms with Crippen LogP contribution in [0, 0.1) is 5.92 Å². The van der Waals surface area contributed by atoms with Gasteiger partial charge in [0.15, 0.2) is 0 Å². The number of hydrogen-bond acceptors (Lipinski definition) is 1. The van der Waals surface area contributed by atoms with Gasteiger partial charge in [-0.2, -0.15) is 0 Å². The SMILES string of the molecule is C=CC(/C=C/CNC(/C=C\C)=C/C)C/C=C/C. The molecule has 0 aromatic heterocycles. The Hall–Kier alpha value is -1.50. The third kappa shape index (κ3) is 8.32. The van der Waals surface area contributed by atoms with Crippen molar-refractivity contribution >= 4 is 0 Å². The second-order valence-corrected chi connectivity index (χ2v) is 3.76. The maximum atomic E-state index is 3.85. The summed E-state index contributed by atoms with van der Waals surface area (Å²) in [6.45, 7) is 10.8. The van der Waals surface area contributed by atoms with Gasteiger partial charge in [0, 0.05) is 12.2 Å². The van der Waals surface area contributed by atoms with Gasteiger partial charge in [-0.3, -0.25) is 0 Å². The molecule has 1 N–H and O–H groups in total. The van der Waals surface area contributed by atoms with Crippen LogP contribution in [-0.2, 0) is 0 Å². The van der Waals surface area contributed by atoms with Crippen LogP contribution in [0.3, 0.4) is 0 Å². The fourth-order valence-corrected chi connectivity index (χ4v) is 1.40. The highest BCUT2D eigenvalue weighted by Crippen LogP contribution is 2.06. The van der Waals surface area contributed by atoms with Crippen molar-refractivity contribution < 1.29 is 0 Å². The molecule has 0 aromatic carbocycles. The Morgan fingerprint density at radius 3 is 2.47 bits per heavy atom. The Bertz CT molecular complexity index is 305. The minimum Gasteiger partial charge on any atom is -0.382 e. The fraction of sp³-hybridized carbons (Fsp3) is 0.375. The second-order valence-electron chi connectivity index (χ2n) is 3.76. The standard InChI is InChI=1S/C16H25N/c1-5-9-12-15(7-3)13-10-14-17-16(8-4)11-6-2/h5-11,13,15,17H,3,12,14H2,1-2,4H3/b9-5+,11-6-,13-10+,16-8+. The Kier molecular flexibility index (Phi) is 10.0. The first kappa shape index (κ1) is 15.5. The van der Waals surface area contributed by atoms with Crippen LogP contribution in [0.4, 0.5) is 0 Å². The minimum absolute atomic E-state index is 0.434. The molecule has 0 aliphatic carbocycles. The molecule has 0 amide bonds. The first-order valence-corrected chi connectivity index (χ1v) is 6.21. The smallest absolute Gasteiger partial charge is 0.0330 e. The lowest BCUT2D eigenvalue weighted by Gasteiger charge is -2.05. The summed E-state index contributed by atoms with van der Waals surface area (Å²) in [7, 11) is 0. The minimum atomic E-state index is 0.434. The average Bonchev–Trinajstić information content (AvgIpc) is 2.36. The number of rotatable bonds is 8. The summed E-state index contributed by atoms with van der Waals surface area (Å²) in [5, 5.41) is 3.34. The fourth-order valence-electron chi connectivity index (χ4n) is 1.40. The summed E-state index contributed by atoms with van der Waals surface area (Å²) in [5.41, 5.74) is 1.15. The zero-order valence-corrected chi connectivity index (χ0v) is 11.3. The van der Waals surface area contributed by atoms with Gasteiger partial charge in [-0.1, -0.05) is 42.5 Å². The van der Waals surface area contributed by atoms with Gasteiger partial charge in [0.2, 0.25) is 0 Å². The summed E-state index contributed by atoms with van der Waals surface area (Å²) < 4.78 is 0. The van der Waals surface area contributed by atoms with Crippen molar-refractivity contribution in [2.75, 3.05) is 6.54 Å². The molecular formula is C16H25N. The van der Waals surface area contributed by atoms with E-state index in [4.69, 9.17) is 0 Å². The summed E-state index contributed by atoms with van der Waals surface area (Å²) >= 11 is 0. The molecule has 0 aromatic rings. The molecule has 1 nitrogen and oxygen atoms in total. The first-order chi connectivity index (χ1) is 8.28. The lowest BCUT2D eigenvalue weighted by molar-refractivity contribution is 0.822. The molecule has 0 radical (unpaired) electrons. The van der Waals surface area contributed by atoms with E-state index in [-0.39, 0.29) is 0 Å². The van der Waals surface area contributed by atoms with Crippen molar-refractivity contribution in [1.29, 1.82) is 0 Å². The lowest BCUT2D eigenvalue weighted by atomic mass is 10.1. The summed E-state index contributed by atoms with van der Waals surface area (Å²) in [6, 6.07) is 0. The predicted octanol–water partition coefficient (Wildman–Crippen LogP) is 4.38. The van der Waals surface area contributed by atoms with Crippen LogP contribution in [0.15, 0.2) is 60.9 Å². The molecule has 0 saturated carbocycles. The van der Waals surface area contributed by atoms with E-state index < -0.39 is 0 Å². The maximum Gasteiger partial charge on any atom is 0.0330 e. The molecule has 0 bridgehead atoms. The molecular weight excluding hydrogens is 206 g/mol. The zero-order valence-electron chi connectivity index (χ0n) is 11.3. The monoisotopic (exact) mass is 231 g/mol. The van der Waals surface area contributed by atoms with Crippen molar-refractivity contribution in [3.8, 4) is 0 Å². The third-order valence-corrected chi connectivity index (χ3v) is 2.41. The Morgan fingerprint density at radius 2 is 1.94 bits per heavy atom. The molecule has 0 rings (SSSR count). The largest absolute Gasteiger partial charge is 0.382 e. The maximum absolute atomic E-state index is 3.85. The summed E-state index contributed by atoms with van der Waals surface area (Å²) in [4.78, 5) is 0. The highest BCUT2D eigenvalue weighted by atomic mass is 14.9. The van der Waals surface area contributed by atoms with E-state index in [1.54, 1.807) is 0 Å². The molecule has 0 heterocycles. The Morgan fingerprint density at radius 1 is 1.18 bits per heavy atom. The van der Waals surface area contributed by atoms with E-state index in [9.17, 15) is 0 Å². The van der Waals surface area contributed by atoms with Crippen LogP contribution in [0.2, 0.25) is 0 Å². The topological polar surface area (TPSA) is 12.0 Å². The van der Waals surface area contributed by atoms with Crippen LogP contribution in [0.5, 0.6) is 0 Å². The van der Waals surface area contributed by atoms with Crippen LogP contribution < -0.4 is 5.32 Å². The van der Waals surface area contributed by atoms with E-state index in [1.807, 2.05) is 32.9 Å². The summed E-state index contributed by atoms with van der Waals surface area (Å²) in [5.74, 6) is 0.434. The van der Waals surface area contributed by atoms with Gasteiger partial charge in [-0.25, -0.2) is 0 Å². The molecule has 0 saturated heterocycles. The molecule has 0 spiro atoms. The number of hydrogen-bond donors (Lipinski definition) is 1. The molecule has 17 heavy (non-hydrogen) atoms. The van der Waals surface area contributed by atoms with Gasteiger partial charge in [-0.15, -0.1) is 6.58 Å². The van der Waals surface area contributed by atoms with Crippen molar-refractivity contribution in [1.82, 2.24) is 5.32 Å². The molecule has 0 aliphatic rings. The van der Waals surface area contributed by atoms with Gasteiger partial charge in [0.25, 0.3) is 0 Å². The Balaban J connectivity index is 4.04. The predicted molar refractivity (Wildman–Crippen MR) is 78.8 cm³/mol. The molecule has 1 unspecified atom stereocenters. The van der Waals surface area contributed by atoms with Crippen LogP contribution >= 0.6 is 0 Å². The molecule has 94 valence electrons. The van der Waals surface area contributed by atoms with Crippen molar-refractivity contribution in [3.05, 3.63) is 60.9 Å². The van der Waals surface area contributed by atoms with E-state index in [0.29, 0.717) is 5.92 Å². The lowest BCUT2D eigenvalue weighted by Crippen LogP contribution is -2.11. The first-order valence-electron chi connectivity index (χ1n) is 6.21. The number of allylic oxidation sites excluding steroid dienone is 7. The molecule has 0 aliphatic heterocycles. The Labute approximate surface area is 106 Å². The van der Waals surface area contributed by atoms with Crippen molar-refractivity contribution in [2.45, 2.75) is 27.2 Å². The second kappa shape index (κ2) is 11.0. The zero-order chi connectivity index (χ0) is 12.9. The quantitative estimate of drug-likeness (QED) is 0.483. The van der Waals surface area contributed by atoms with Gasteiger partial charge < -0.3 is 5.32 Å². The van der Waals surface area contributed by atoms with Crippen LogP contribution in [0.1, 0.15) is 27.2 Å². The van der Waals surface area contributed by atoms with Gasteiger partial charge >= 0.3 is 0 Å². The highest BCUT2D eigenvalue weighted by molar-refractivity contribution is 5.16. The third-order valence-electron chi connectivity index (χ3n) is 2.41. The van der Waals surface area contributed by atoms with Crippen molar-refractivity contribution in [3.63, 3.8) is 0 Å². The normalized spacial score (nSPS) is 14.9. The van der Waals surface area contributed by atoms with E-state index in [0.717, 1.165) is 18.7 Å². The van der Waals surface area contributed by atoms with Crippen molar-refractivity contribution in [2.24, 2.45) is 5.92 Å². The molecule has 0 fully saturated rings. The summed E-state index contributed by atoms with van der Waals surface area (Å²) in [6.07, 6.45) is 17.8. The number of nitrogens with one attached hydrogen (secondary N) is 1. The van der Waals surface area contributed by atoms with Gasteiger partial charge in [-0.05, 0) is 39.2 Å². The molecule has 1 atom stereocenters.